The van der Waals surface area contributed by atoms with Crippen LogP contribution in [0, 0.1) is 5.92 Å². The number of amides is 1. The Bertz CT molecular complexity index is 448. The summed E-state index contributed by atoms with van der Waals surface area (Å²) < 4.78 is 5.70. The number of carbonyl (C=O) groups excluding carboxylic acids is 1. The Morgan fingerprint density at radius 2 is 1.79 bits per heavy atom. The third kappa shape index (κ3) is 3.49. The Kier molecular flexibility index (Phi) is 5.11. The van der Waals surface area contributed by atoms with Crippen molar-refractivity contribution in [1.29, 1.82) is 0 Å². The highest BCUT2D eigenvalue weighted by Gasteiger charge is 2.42. The molecule has 0 spiro atoms. The van der Waals surface area contributed by atoms with E-state index in [0.29, 0.717) is 37.7 Å². The first kappa shape index (κ1) is 16.8. The largest absolute Gasteiger partial charge is 0.393 e. The van der Waals surface area contributed by atoms with Crippen molar-refractivity contribution in [3.05, 3.63) is 0 Å². The van der Waals surface area contributed by atoms with Gasteiger partial charge in [-0.05, 0) is 38.5 Å². The van der Waals surface area contributed by atoms with Crippen LogP contribution in [0.3, 0.4) is 0 Å². The summed E-state index contributed by atoms with van der Waals surface area (Å²) >= 11 is 0. The lowest BCUT2D eigenvalue weighted by Gasteiger charge is -2.41. The standard InChI is InChI=1S/C19H32N2O3/c22-18-7-3-6-16(18)17-13-24-11-10-20(17)12-19(23)21(15-8-9-15)14-4-1-2-5-14/h14-18,22H,1-13H2/t16-,17+,18+/m0/s1. The first-order valence-corrected chi connectivity index (χ1v) is 10.0. The van der Waals surface area contributed by atoms with E-state index in [1.165, 1.54) is 38.5 Å². The zero-order valence-corrected chi connectivity index (χ0v) is 14.7. The summed E-state index contributed by atoms with van der Waals surface area (Å²) in [6.45, 7) is 2.72. The van der Waals surface area contributed by atoms with E-state index in [0.717, 1.165) is 25.8 Å². The van der Waals surface area contributed by atoms with Gasteiger partial charge in [0.1, 0.15) is 0 Å². The van der Waals surface area contributed by atoms with Crippen molar-refractivity contribution in [2.75, 3.05) is 26.3 Å². The van der Waals surface area contributed by atoms with Crippen LogP contribution in [0.4, 0.5) is 0 Å². The molecule has 4 aliphatic rings. The highest BCUT2D eigenvalue weighted by molar-refractivity contribution is 5.79. The molecular weight excluding hydrogens is 304 g/mol. The van der Waals surface area contributed by atoms with Crippen LogP contribution in [0.25, 0.3) is 0 Å². The van der Waals surface area contributed by atoms with Gasteiger partial charge in [0.25, 0.3) is 0 Å². The highest BCUT2D eigenvalue weighted by Crippen LogP contribution is 2.36. The van der Waals surface area contributed by atoms with Gasteiger partial charge in [-0.3, -0.25) is 9.69 Å². The number of aliphatic hydroxyl groups excluding tert-OH is 1. The molecule has 0 radical (unpaired) electrons. The molecule has 0 aromatic carbocycles. The van der Waals surface area contributed by atoms with Gasteiger partial charge in [-0.2, -0.15) is 0 Å². The Labute approximate surface area is 145 Å². The Balaban J connectivity index is 1.42. The molecule has 0 bridgehead atoms. The van der Waals surface area contributed by atoms with Crippen LogP contribution in [0.1, 0.15) is 57.8 Å². The summed E-state index contributed by atoms with van der Waals surface area (Å²) in [6, 6.07) is 1.21. The molecule has 3 saturated carbocycles. The van der Waals surface area contributed by atoms with Crippen LogP contribution in [0.15, 0.2) is 0 Å². The third-order valence-corrected chi connectivity index (χ3v) is 6.59. The average molecular weight is 336 g/mol. The van der Waals surface area contributed by atoms with Gasteiger partial charge in [-0.1, -0.05) is 19.3 Å². The molecular formula is C19H32N2O3. The summed E-state index contributed by atoms with van der Waals surface area (Å²) in [5, 5.41) is 10.3. The van der Waals surface area contributed by atoms with E-state index < -0.39 is 0 Å². The zero-order chi connectivity index (χ0) is 16.5. The number of nitrogens with zero attached hydrogens (tertiary/aromatic N) is 2. The minimum atomic E-state index is -0.219. The highest BCUT2D eigenvalue weighted by atomic mass is 16.5. The molecule has 3 aliphatic carbocycles. The van der Waals surface area contributed by atoms with E-state index in [9.17, 15) is 9.90 Å². The first-order valence-electron chi connectivity index (χ1n) is 10.0. The lowest BCUT2D eigenvalue weighted by molar-refractivity contribution is -0.139. The number of hydrogen-bond acceptors (Lipinski definition) is 4. The Morgan fingerprint density at radius 1 is 1.04 bits per heavy atom. The minimum Gasteiger partial charge on any atom is -0.393 e. The number of aliphatic hydroxyl groups is 1. The normalized spacial score (nSPS) is 35.5. The maximum Gasteiger partial charge on any atom is 0.237 e. The van der Waals surface area contributed by atoms with Crippen LogP contribution >= 0.6 is 0 Å². The molecule has 0 unspecified atom stereocenters. The lowest BCUT2D eigenvalue weighted by Crippen LogP contribution is -2.55. The maximum atomic E-state index is 13.1. The molecule has 4 rings (SSSR count). The summed E-state index contributed by atoms with van der Waals surface area (Å²) in [4.78, 5) is 17.7. The molecule has 1 N–H and O–H groups in total. The predicted octanol–water partition coefficient (Wildman–Crippen LogP) is 1.78. The summed E-state index contributed by atoms with van der Waals surface area (Å²) in [7, 11) is 0. The van der Waals surface area contributed by atoms with E-state index in [1.807, 2.05) is 0 Å². The van der Waals surface area contributed by atoms with Crippen LogP contribution in [0.5, 0.6) is 0 Å². The summed E-state index contributed by atoms with van der Waals surface area (Å²) in [5.74, 6) is 0.600. The second-order valence-corrected chi connectivity index (χ2v) is 8.25. The van der Waals surface area contributed by atoms with Gasteiger partial charge in [-0.25, -0.2) is 0 Å². The molecule has 1 saturated heterocycles. The van der Waals surface area contributed by atoms with Crippen molar-refractivity contribution in [3.63, 3.8) is 0 Å². The monoisotopic (exact) mass is 336 g/mol. The fourth-order valence-electron chi connectivity index (χ4n) is 5.16. The van der Waals surface area contributed by atoms with E-state index in [-0.39, 0.29) is 18.1 Å². The predicted molar refractivity (Wildman–Crippen MR) is 91.7 cm³/mol. The van der Waals surface area contributed by atoms with Gasteiger partial charge < -0.3 is 14.7 Å². The second kappa shape index (κ2) is 7.30. The molecule has 5 nitrogen and oxygen atoms in total. The van der Waals surface area contributed by atoms with E-state index >= 15 is 0 Å². The van der Waals surface area contributed by atoms with Crippen molar-refractivity contribution in [1.82, 2.24) is 9.80 Å². The molecule has 1 aliphatic heterocycles. The molecule has 0 aromatic rings. The molecule has 4 fully saturated rings. The van der Waals surface area contributed by atoms with E-state index in [4.69, 9.17) is 4.74 Å². The fourth-order valence-corrected chi connectivity index (χ4v) is 5.16. The number of morpholine rings is 1. The minimum absolute atomic E-state index is 0.213. The second-order valence-electron chi connectivity index (χ2n) is 8.25. The van der Waals surface area contributed by atoms with Crippen molar-refractivity contribution >= 4 is 5.91 Å². The van der Waals surface area contributed by atoms with E-state index in [1.54, 1.807) is 0 Å². The molecule has 1 heterocycles. The Morgan fingerprint density at radius 3 is 2.46 bits per heavy atom. The molecule has 136 valence electrons. The number of rotatable bonds is 5. The molecule has 3 atom stereocenters. The quantitative estimate of drug-likeness (QED) is 0.831. The summed E-state index contributed by atoms with van der Waals surface area (Å²) in [6.07, 6.45) is 10.2. The lowest BCUT2D eigenvalue weighted by atomic mass is 9.94. The van der Waals surface area contributed by atoms with Crippen molar-refractivity contribution in [2.24, 2.45) is 5.92 Å². The molecule has 1 amide bonds. The SMILES string of the molecule is O=C(CN1CCOC[C@@H]1[C@@H]1CCC[C@H]1O)N(C1CCCC1)C1CC1. The van der Waals surface area contributed by atoms with Gasteiger partial charge in [-0.15, -0.1) is 0 Å². The van der Waals surface area contributed by atoms with Crippen LogP contribution in [0.2, 0.25) is 0 Å². The van der Waals surface area contributed by atoms with Crippen molar-refractivity contribution in [2.45, 2.75) is 82.0 Å². The number of hydrogen-bond donors (Lipinski definition) is 1. The average Bonchev–Trinajstić information content (AvgIpc) is 3.07. The number of ether oxygens (including phenoxy) is 1. The Hall–Kier alpha value is -0.650. The molecule has 5 heteroatoms. The van der Waals surface area contributed by atoms with Gasteiger partial charge in [0.05, 0.1) is 25.9 Å². The van der Waals surface area contributed by atoms with Gasteiger partial charge in [0.15, 0.2) is 0 Å². The van der Waals surface area contributed by atoms with Gasteiger partial charge in [0, 0.05) is 30.6 Å². The summed E-state index contributed by atoms with van der Waals surface area (Å²) in [5.41, 5.74) is 0. The molecule has 24 heavy (non-hydrogen) atoms. The fraction of sp³-hybridized carbons (Fsp3) is 0.947. The van der Waals surface area contributed by atoms with Gasteiger partial charge >= 0.3 is 0 Å². The van der Waals surface area contributed by atoms with E-state index in [2.05, 4.69) is 9.80 Å². The van der Waals surface area contributed by atoms with Crippen LogP contribution < -0.4 is 0 Å². The van der Waals surface area contributed by atoms with Crippen LogP contribution in [-0.2, 0) is 9.53 Å². The third-order valence-electron chi connectivity index (χ3n) is 6.59. The zero-order valence-electron chi connectivity index (χ0n) is 14.7. The van der Waals surface area contributed by atoms with Crippen LogP contribution in [-0.4, -0.2) is 71.3 Å². The molecule has 0 aromatic heterocycles. The van der Waals surface area contributed by atoms with Gasteiger partial charge in [0.2, 0.25) is 5.91 Å². The smallest absolute Gasteiger partial charge is 0.237 e. The first-order chi connectivity index (χ1) is 11.7. The topological polar surface area (TPSA) is 53.0 Å². The maximum absolute atomic E-state index is 13.1. The van der Waals surface area contributed by atoms with Crippen molar-refractivity contribution in [3.8, 4) is 0 Å². The number of carbonyl (C=O) groups is 1. The van der Waals surface area contributed by atoms with Crippen molar-refractivity contribution < 1.29 is 14.6 Å².